The van der Waals surface area contributed by atoms with Crippen molar-refractivity contribution in [2.24, 2.45) is 0 Å². The molecule has 0 aromatic rings. The van der Waals surface area contributed by atoms with Gasteiger partial charge in [0, 0.05) is 13.3 Å². The molecule has 0 fully saturated rings. The van der Waals surface area contributed by atoms with Crippen LogP contribution >= 0.6 is 11.8 Å². The molecule has 0 spiro atoms. The van der Waals surface area contributed by atoms with E-state index in [0.29, 0.717) is 12.4 Å². The van der Waals surface area contributed by atoms with Crippen LogP contribution in [0.5, 0.6) is 0 Å². The van der Waals surface area contributed by atoms with Gasteiger partial charge >= 0.3 is 5.97 Å². The van der Waals surface area contributed by atoms with E-state index in [1.807, 2.05) is 0 Å². The van der Waals surface area contributed by atoms with Crippen LogP contribution in [0.4, 0.5) is 8.78 Å². The van der Waals surface area contributed by atoms with Crippen LogP contribution in [-0.2, 0) is 9.53 Å². The molecule has 0 saturated carbocycles. The highest BCUT2D eigenvalue weighted by molar-refractivity contribution is 7.99. The largest absolute Gasteiger partial charge is 0.455 e. The predicted octanol–water partition coefficient (Wildman–Crippen LogP) is 3.07. The number of carbonyl (C=O) groups is 1. The van der Waals surface area contributed by atoms with E-state index in [9.17, 15) is 13.6 Å². The Balaban J connectivity index is 2.96. The summed E-state index contributed by atoms with van der Waals surface area (Å²) in [6.07, 6.45) is 0.111. The molecule has 0 heterocycles. The van der Waals surface area contributed by atoms with E-state index in [1.54, 1.807) is 0 Å². The summed E-state index contributed by atoms with van der Waals surface area (Å²) in [4.78, 5) is 10.3. The summed E-state index contributed by atoms with van der Waals surface area (Å²) in [7, 11) is 0. The van der Waals surface area contributed by atoms with Gasteiger partial charge in [-0.2, -0.15) is 0 Å². The van der Waals surface area contributed by atoms with Gasteiger partial charge in [0.15, 0.2) is 0 Å². The van der Waals surface area contributed by atoms with Gasteiger partial charge in [-0.05, 0) is 18.6 Å². The predicted molar refractivity (Wildman–Crippen MR) is 53.6 cm³/mol. The molecule has 2 nitrogen and oxygen atoms in total. The van der Waals surface area contributed by atoms with E-state index in [4.69, 9.17) is 4.74 Å². The number of hydrogen-bond acceptors (Lipinski definition) is 3. The number of halogens is 2. The number of rotatable bonds is 8. The highest BCUT2D eigenvalue weighted by atomic mass is 32.2. The normalized spacial score (nSPS) is 10.6. The Hall–Kier alpha value is -0.320. The number of esters is 1. The Morgan fingerprint density at radius 1 is 1.36 bits per heavy atom. The summed E-state index contributed by atoms with van der Waals surface area (Å²) in [5.74, 6) is 0.941. The van der Waals surface area contributed by atoms with Gasteiger partial charge in [-0.15, -0.1) is 11.8 Å². The maximum Gasteiger partial charge on any atom is 0.303 e. The second-order valence-electron chi connectivity index (χ2n) is 2.90. The molecule has 14 heavy (non-hydrogen) atoms. The smallest absolute Gasteiger partial charge is 0.303 e. The topological polar surface area (TPSA) is 26.3 Å². The molecule has 0 aliphatic carbocycles. The summed E-state index contributed by atoms with van der Waals surface area (Å²) in [5, 5.41) is 0. The van der Waals surface area contributed by atoms with Crippen molar-refractivity contribution in [2.45, 2.75) is 39.0 Å². The summed E-state index contributed by atoms with van der Waals surface area (Å²) in [6.45, 7) is 1.36. The summed E-state index contributed by atoms with van der Waals surface area (Å²) in [5.41, 5.74) is 0. The third-order valence-corrected chi connectivity index (χ3v) is 2.42. The zero-order valence-corrected chi connectivity index (χ0v) is 9.12. The molecule has 0 aliphatic heterocycles. The second-order valence-corrected chi connectivity index (χ2v) is 3.95. The first kappa shape index (κ1) is 13.7. The number of thioether (sulfide) groups is 1. The molecule has 0 N–H and O–H groups in total. The van der Waals surface area contributed by atoms with Crippen molar-refractivity contribution < 1.29 is 18.3 Å². The number of alkyl halides is 2. The van der Waals surface area contributed by atoms with Crippen molar-refractivity contribution >= 4 is 17.7 Å². The van der Waals surface area contributed by atoms with Crippen LogP contribution in [0, 0.1) is 0 Å². The monoisotopic (exact) mass is 226 g/mol. The fourth-order valence-electron chi connectivity index (χ4n) is 0.863. The van der Waals surface area contributed by atoms with Crippen LogP contribution in [0.2, 0.25) is 0 Å². The van der Waals surface area contributed by atoms with Gasteiger partial charge < -0.3 is 4.74 Å². The lowest BCUT2D eigenvalue weighted by molar-refractivity contribution is -0.138. The van der Waals surface area contributed by atoms with Crippen molar-refractivity contribution in [3.63, 3.8) is 0 Å². The molecule has 0 unspecified atom stereocenters. The van der Waals surface area contributed by atoms with E-state index < -0.39 is 6.43 Å². The standard InChI is InChI=1S/C9H16F2O2S/c1-8(12)13-7-14-6-4-2-3-5-9(10)11/h9H,2-7H2,1H3. The van der Waals surface area contributed by atoms with Crippen molar-refractivity contribution in [1.29, 1.82) is 0 Å². The first-order chi connectivity index (χ1) is 6.63. The molecule has 0 atom stereocenters. The molecule has 5 heteroatoms. The summed E-state index contributed by atoms with van der Waals surface area (Å²) < 4.78 is 28.1. The van der Waals surface area contributed by atoms with Crippen molar-refractivity contribution in [1.82, 2.24) is 0 Å². The Kier molecular flexibility index (Phi) is 9.03. The third-order valence-electron chi connectivity index (χ3n) is 1.56. The molecule has 0 radical (unpaired) electrons. The number of hydrogen-bond donors (Lipinski definition) is 0. The summed E-state index contributed by atoms with van der Waals surface area (Å²) >= 11 is 1.51. The molecular formula is C9H16F2O2S. The van der Waals surface area contributed by atoms with Crippen LogP contribution in [-0.4, -0.2) is 24.1 Å². The molecule has 0 aromatic heterocycles. The fourth-order valence-corrected chi connectivity index (χ4v) is 1.64. The Morgan fingerprint density at radius 2 is 2.07 bits per heavy atom. The molecule has 0 saturated heterocycles. The number of carbonyl (C=O) groups excluding carboxylic acids is 1. The minimum atomic E-state index is -2.18. The molecular weight excluding hydrogens is 210 g/mol. The molecule has 0 aromatic carbocycles. The maximum atomic E-state index is 11.7. The Labute approximate surface area is 87.4 Å². The van der Waals surface area contributed by atoms with Crippen LogP contribution in [0.25, 0.3) is 0 Å². The van der Waals surface area contributed by atoms with Crippen molar-refractivity contribution in [3.8, 4) is 0 Å². The molecule has 84 valence electrons. The van der Waals surface area contributed by atoms with Gasteiger partial charge in [-0.25, -0.2) is 8.78 Å². The lowest BCUT2D eigenvalue weighted by atomic mass is 10.2. The van der Waals surface area contributed by atoms with Crippen LogP contribution in [0.3, 0.4) is 0 Å². The minimum absolute atomic E-state index is 0.00534. The van der Waals surface area contributed by atoms with E-state index in [-0.39, 0.29) is 12.4 Å². The molecule has 0 amide bonds. The van der Waals surface area contributed by atoms with Crippen molar-refractivity contribution in [3.05, 3.63) is 0 Å². The van der Waals surface area contributed by atoms with Gasteiger partial charge in [0.2, 0.25) is 6.43 Å². The third kappa shape index (κ3) is 11.7. The molecule has 0 rings (SSSR count). The Morgan fingerprint density at radius 3 is 2.64 bits per heavy atom. The van der Waals surface area contributed by atoms with Gasteiger partial charge in [0.05, 0.1) is 0 Å². The lowest BCUT2D eigenvalue weighted by Gasteiger charge is -2.02. The van der Waals surface area contributed by atoms with E-state index in [0.717, 1.165) is 18.6 Å². The van der Waals surface area contributed by atoms with Crippen LogP contribution in [0.1, 0.15) is 32.6 Å². The van der Waals surface area contributed by atoms with Gasteiger partial charge in [-0.1, -0.05) is 6.42 Å². The second kappa shape index (κ2) is 9.24. The SMILES string of the molecule is CC(=O)OCSCCCCCC(F)F. The number of unbranched alkanes of at least 4 members (excludes halogenated alkanes) is 2. The highest BCUT2D eigenvalue weighted by Gasteiger charge is 2.00. The average molecular weight is 226 g/mol. The van der Waals surface area contributed by atoms with Crippen LogP contribution < -0.4 is 0 Å². The summed E-state index contributed by atoms with van der Waals surface area (Å²) in [6, 6.07) is 0. The maximum absolute atomic E-state index is 11.7. The zero-order valence-electron chi connectivity index (χ0n) is 8.30. The first-order valence-electron chi connectivity index (χ1n) is 4.62. The minimum Gasteiger partial charge on any atom is -0.455 e. The van der Waals surface area contributed by atoms with Gasteiger partial charge in [0.1, 0.15) is 5.94 Å². The van der Waals surface area contributed by atoms with Gasteiger partial charge in [0.25, 0.3) is 0 Å². The van der Waals surface area contributed by atoms with Crippen LogP contribution in [0.15, 0.2) is 0 Å². The van der Waals surface area contributed by atoms with Crippen molar-refractivity contribution in [2.75, 3.05) is 11.7 Å². The van der Waals surface area contributed by atoms with E-state index in [1.165, 1.54) is 18.7 Å². The van der Waals surface area contributed by atoms with E-state index in [2.05, 4.69) is 0 Å². The average Bonchev–Trinajstić information content (AvgIpc) is 2.08. The lowest BCUT2D eigenvalue weighted by Crippen LogP contribution is -1.98. The molecule has 0 bridgehead atoms. The quantitative estimate of drug-likeness (QED) is 0.361. The fraction of sp³-hybridized carbons (Fsp3) is 0.889. The highest BCUT2D eigenvalue weighted by Crippen LogP contribution is 2.10. The van der Waals surface area contributed by atoms with Gasteiger partial charge in [-0.3, -0.25) is 4.79 Å². The first-order valence-corrected chi connectivity index (χ1v) is 5.77. The Bertz CT molecular complexity index is 154. The number of ether oxygens (including phenoxy) is 1. The van der Waals surface area contributed by atoms with E-state index >= 15 is 0 Å². The zero-order chi connectivity index (χ0) is 10.8. The molecule has 0 aliphatic rings.